The van der Waals surface area contributed by atoms with Gasteiger partial charge < -0.3 is 21.1 Å². The highest BCUT2D eigenvalue weighted by atomic mass is 32.2. The van der Waals surface area contributed by atoms with E-state index in [0.717, 1.165) is 53.5 Å². The lowest BCUT2D eigenvalue weighted by molar-refractivity contribution is -0.192. The van der Waals surface area contributed by atoms with Gasteiger partial charge in [0.05, 0.1) is 16.8 Å². The first-order valence-electron chi connectivity index (χ1n) is 13.8. The molecule has 4 rings (SSSR count). The summed E-state index contributed by atoms with van der Waals surface area (Å²) in [6.07, 6.45) is -1.68. The number of hydrogen-bond acceptors (Lipinski definition) is 7. The van der Waals surface area contributed by atoms with Crippen molar-refractivity contribution in [3.63, 3.8) is 0 Å². The van der Waals surface area contributed by atoms with E-state index in [9.17, 15) is 31.2 Å². The quantitative estimate of drug-likeness (QED) is 0.258. The highest BCUT2D eigenvalue weighted by Gasteiger charge is 2.38. The molecule has 242 valence electrons. The summed E-state index contributed by atoms with van der Waals surface area (Å²) in [5.41, 5.74) is 9.99. The van der Waals surface area contributed by atoms with Gasteiger partial charge in [-0.15, -0.1) is 11.3 Å². The Balaban J connectivity index is 0.000000676. The van der Waals surface area contributed by atoms with Crippen molar-refractivity contribution in [1.82, 2.24) is 19.5 Å². The van der Waals surface area contributed by atoms with Gasteiger partial charge in [0.15, 0.2) is 0 Å². The van der Waals surface area contributed by atoms with Crippen molar-refractivity contribution >= 4 is 50.0 Å². The number of carbonyl (C=O) groups is 3. The van der Waals surface area contributed by atoms with Gasteiger partial charge >= 0.3 is 12.1 Å². The molecule has 0 unspecified atom stereocenters. The number of carbonyl (C=O) groups excluding carboxylic acids is 2. The zero-order valence-corrected chi connectivity index (χ0v) is 26.2. The van der Waals surface area contributed by atoms with Crippen LogP contribution >= 0.6 is 11.3 Å². The number of likely N-dealkylation sites (N-methyl/N-ethyl adjacent to an activating group) is 1. The molecular weight excluding hydrogens is 623 g/mol. The van der Waals surface area contributed by atoms with E-state index in [4.69, 9.17) is 15.6 Å². The van der Waals surface area contributed by atoms with Crippen molar-refractivity contribution in [3.05, 3.63) is 45.8 Å². The zero-order chi connectivity index (χ0) is 32.8. The number of rotatable bonds is 10. The molecule has 0 atom stereocenters. The van der Waals surface area contributed by atoms with Crippen molar-refractivity contribution in [2.24, 2.45) is 5.73 Å². The number of primary amides is 1. The molecule has 44 heavy (non-hydrogen) atoms. The molecule has 0 aliphatic carbocycles. The molecule has 0 bridgehead atoms. The van der Waals surface area contributed by atoms with Gasteiger partial charge in [0, 0.05) is 56.1 Å². The first-order chi connectivity index (χ1) is 20.5. The molecule has 1 fully saturated rings. The summed E-state index contributed by atoms with van der Waals surface area (Å²) < 4.78 is 57.9. The number of carboxylic acid groups (broad SMARTS) is 1. The number of H-pyrrole nitrogens is 1. The summed E-state index contributed by atoms with van der Waals surface area (Å²) in [5.74, 6) is -2.97. The van der Waals surface area contributed by atoms with Crippen LogP contribution in [0.5, 0.6) is 0 Å². The highest BCUT2D eigenvalue weighted by molar-refractivity contribution is 7.89. The summed E-state index contributed by atoms with van der Waals surface area (Å²) in [7, 11) is -1.17. The van der Waals surface area contributed by atoms with Crippen molar-refractivity contribution < 1.29 is 41.1 Å². The minimum absolute atomic E-state index is 0.0341. The Hall–Kier alpha value is -3.47. The normalized spacial score (nSPS) is 14.8. The molecule has 3 heterocycles. The summed E-state index contributed by atoms with van der Waals surface area (Å²) >= 11 is 1.66. The van der Waals surface area contributed by atoms with Crippen molar-refractivity contribution in [3.8, 4) is 11.1 Å². The summed E-state index contributed by atoms with van der Waals surface area (Å²) in [5, 5.41) is 13.0. The highest BCUT2D eigenvalue weighted by Crippen LogP contribution is 2.38. The number of nitrogens with one attached hydrogen (secondary N) is 2. The number of amides is 2. The van der Waals surface area contributed by atoms with Crippen LogP contribution in [0.3, 0.4) is 0 Å². The van der Waals surface area contributed by atoms with Crippen LogP contribution in [0.1, 0.15) is 53.4 Å². The van der Waals surface area contributed by atoms with E-state index in [1.807, 2.05) is 19.3 Å². The topological polar surface area (TPSA) is 166 Å². The van der Waals surface area contributed by atoms with E-state index in [1.54, 1.807) is 22.6 Å². The van der Waals surface area contributed by atoms with E-state index < -0.39 is 28.1 Å². The summed E-state index contributed by atoms with van der Waals surface area (Å²) in [6.45, 7) is 6.28. The number of aromatic nitrogens is 1. The maximum atomic E-state index is 12.4. The SMILES string of the molecule is CCS(=O)(=O)N1CCC(c2c[nH]c3c(C(N)=O)cc(-c4csc(CN(C)CCNC(C)=O)c4)cc23)CC1.O=C(O)C(F)(F)F. The van der Waals surface area contributed by atoms with Crippen molar-refractivity contribution in [1.29, 1.82) is 0 Å². The third-order valence-electron chi connectivity index (χ3n) is 7.26. The predicted octanol–water partition coefficient (Wildman–Crippen LogP) is 3.73. The van der Waals surface area contributed by atoms with Crippen molar-refractivity contribution in [2.45, 2.75) is 45.3 Å². The number of piperidine rings is 1. The molecule has 2 amide bonds. The van der Waals surface area contributed by atoms with Crippen LogP contribution in [0.2, 0.25) is 0 Å². The molecule has 0 saturated carbocycles. The predicted molar refractivity (Wildman–Crippen MR) is 162 cm³/mol. The number of thiophene rings is 1. The maximum Gasteiger partial charge on any atom is 0.490 e. The number of fused-ring (bicyclic) bond motifs is 1. The number of nitrogens with two attached hydrogens (primary N) is 1. The lowest BCUT2D eigenvalue weighted by Crippen LogP contribution is -2.38. The van der Waals surface area contributed by atoms with Crippen LogP contribution < -0.4 is 11.1 Å². The van der Waals surface area contributed by atoms with Crippen molar-refractivity contribution in [2.75, 3.05) is 39.0 Å². The third kappa shape index (κ3) is 9.03. The molecule has 11 nitrogen and oxygen atoms in total. The third-order valence-corrected chi connectivity index (χ3v) is 10.1. The number of aliphatic carboxylic acids is 1. The zero-order valence-electron chi connectivity index (χ0n) is 24.5. The van der Waals surface area contributed by atoms with Crippen LogP contribution in [-0.4, -0.2) is 90.7 Å². The molecule has 5 N–H and O–H groups in total. The number of hydrogen-bond donors (Lipinski definition) is 4. The first kappa shape index (κ1) is 35.0. The van der Waals surface area contributed by atoms with Gasteiger partial charge in [-0.25, -0.2) is 17.5 Å². The van der Waals surface area contributed by atoms with Gasteiger partial charge in [0.2, 0.25) is 15.9 Å². The fraction of sp³-hybridized carbons (Fsp3) is 0.464. The maximum absolute atomic E-state index is 12.4. The molecule has 1 aliphatic rings. The second-order valence-corrected chi connectivity index (χ2v) is 13.7. The van der Waals surface area contributed by atoms with E-state index in [-0.39, 0.29) is 17.6 Å². The Kier molecular flexibility index (Phi) is 11.6. The monoisotopic (exact) mass is 659 g/mol. The number of nitrogens with zero attached hydrogens (tertiary/aromatic N) is 2. The first-order valence-corrected chi connectivity index (χ1v) is 16.3. The Bertz CT molecular complexity index is 1590. The van der Waals surface area contributed by atoms with Gasteiger partial charge in [0.1, 0.15) is 0 Å². The Morgan fingerprint density at radius 1 is 1.18 bits per heavy atom. The minimum atomic E-state index is -5.08. The Morgan fingerprint density at radius 3 is 2.36 bits per heavy atom. The standard InChI is InChI=1S/C26H35N5O4S2.C2HF3O2/c1-4-37(34,35)31-8-5-18(6-9-31)24-14-29-25-22(24)12-19(13-23(25)26(27)33)20-11-21(36-16-20)15-30(3)10-7-28-17(2)32;3-2(4,5)1(6)7/h11-14,16,18,29H,4-10,15H2,1-3H3,(H2,27,33)(H,28,32);(H,6,7). The molecule has 0 spiro atoms. The Labute approximate surface area is 257 Å². The molecule has 2 aromatic heterocycles. The van der Waals surface area contributed by atoms with Crippen LogP contribution in [0, 0.1) is 0 Å². The van der Waals surface area contributed by atoms with E-state index in [2.05, 4.69) is 32.7 Å². The van der Waals surface area contributed by atoms with E-state index >= 15 is 0 Å². The molecule has 1 saturated heterocycles. The van der Waals surface area contributed by atoms with Gasteiger partial charge in [-0.2, -0.15) is 13.2 Å². The Morgan fingerprint density at radius 2 is 1.82 bits per heavy atom. The summed E-state index contributed by atoms with van der Waals surface area (Å²) in [6, 6.07) is 6.08. The molecule has 0 radical (unpaired) electrons. The van der Waals surface area contributed by atoms with Crippen LogP contribution in [0.4, 0.5) is 13.2 Å². The second-order valence-electron chi connectivity index (χ2n) is 10.5. The fourth-order valence-electron chi connectivity index (χ4n) is 4.96. The van der Waals surface area contributed by atoms with Crippen LogP contribution in [0.25, 0.3) is 22.0 Å². The lowest BCUT2D eigenvalue weighted by atomic mass is 9.88. The van der Waals surface area contributed by atoms with E-state index in [1.165, 1.54) is 11.8 Å². The number of alkyl halides is 3. The number of aromatic amines is 1. The summed E-state index contributed by atoms with van der Waals surface area (Å²) in [4.78, 5) is 38.9. The smallest absolute Gasteiger partial charge is 0.475 e. The van der Waals surface area contributed by atoms with Gasteiger partial charge in [-0.1, -0.05) is 0 Å². The molecule has 1 aromatic carbocycles. The molecular formula is C28H36F3N5O6S2. The second kappa shape index (κ2) is 14.5. The van der Waals surface area contributed by atoms with Gasteiger partial charge in [0.25, 0.3) is 5.91 Å². The fourth-order valence-corrected chi connectivity index (χ4v) is 7.07. The number of sulfonamides is 1. The van der Waals surface area contributed by atoms with Crippen LogP contribution in [-0.2, 0) is 26.2 Å². The number of benzene rings is 1. The minimum Gasteiger partial charge on any atom is -0.475 e. The van der Waals surface area contributed by atoms with Crippen LogP contribution in [0.15, 0.2) is 29.8 Å². The average Bonchev–Trinajstić information content (AvgIpc) is 3.59. The largest absolute Gasteiger partial charge is 0.490 e. The average molecular weight is 660 g/mol. The molecule has 3 aromatic rings. The number of halogens is 3. The lowest BCUT2D eigenvalue weighted by Gasteiger charge is -2.31. The van der Waals surface area contributed by atoms with E-state index in [0.29, 0.717) is 25.2 Å². The number of carboxylic acids is 1. The van der Waals surface area contributed by atoms with Gasteiger partial charge in [-0.3, -0.25) is 14.5 Å². The molecule has 16 heteroatoms. The van der Waals surface area contributed by atoms with Gasteiger partial charge in [-0.05, 0) is 73.0 Å². The molecule has 1 aliphatic heterocycles.